The van der Waals surface area contributed by atoms with E-state index in [0.717, 1.165) is 0 Å². The quantitative estimate of drug-likeness (QED) is 0.587. The third-order valence-electron chi connectivity index (χ3n) is 4.83. The highest BCUT2D eigenvalue weighted by atomic mass is 28.4. The molecule has 0 unspecified atom stereocenters. The first kappa shape index (κ1) is 17.8. The van der Waals surface area contributed by atoms with Gasteiger partial charge in [0.05, 0.1) is 6.04 Å². The van der Waals surface area contributed by atoms with Crippen LogP contribution in [0.4, 0.5) is 4.79 Å². The molecule has 3 atom stereocenters. The van der Waals surface area contributed by atoms with Crippen molar-refractivity contribution >= 4 is 20.2 Å². The van der Waals surface area contributed by atoms with Crippen LogP contribution in [-0.2, 0) is 14.0 Å². The van der Waals surface area contributed by atoms with Gasteiger partial charge in [0, 0.05) is 12.6 Å². The Hall–Kier alpha value is -1.58. The molecule has 1 amide bonds. The zero-order chi connectivity index (χ0) is 17.4. The third kappa shape index (κ3) is 3.51. The number of ether oxygens (including phenoxy) is 1. The molecule has 23 heavy (non-hydrogen) atoms. The van der Waals surface area contributed by atoms with Crippen molar-refractivity contribution in [3.05, 3.63) is 12.3 Å². The van der Waals surface area contributed by atoms with E-state index in [1.807, 2.05) is 0 Å². The molecule has 0 aromatic carbocycles. The van der Waals surface area contributed by atoms with Gasteiger partial charge >= 0.3 is 6.09 Å². The molecular formula is C17H25NO4Si. The van der Waals surface area contributed by atoms with Gasteiger partial charge in [-0.1, -0.05) is 26.7 Å². The molecule has 2 heterocycles. The van der Waals surface area contributed by atoms with Crippen molar-refractivity contribution in [2.75, 3.05) is 0 Å². The second-order valence-electron chi connectivity index (χ2n) is 7.50. The number of cyclic esters (lactones) is 1. The van der Waals surface area contributed by atoms with Crippen molar-refractivity contribution in [1.29, 1.82) is 0 Å². The summed E-state index contributed by atoms with van der Waals surface area (Å²) in [4.78, 5) is 25.3. The maximum Gasteiger partial charge on any atom is 0.414 e. The van der Waals surface area contributed by atoms with Crippen LogP contribution < -0.4 is 0 Å². The minimum atomic E-state index is -2.08. The lowest BCUT2D eigenvalue weighted by Crippen LogP contribution is -2.50. The minimum Gasteiger partial charge on any atom is -0.440 e. The van der Waals surface area contributed by atoms with E-state index >= 15 is 0 Å². The van der Waals surface area contributed by atoms with Gasteiger partial charge in [0.1, 0.15) is 6.10 Å². The molecule has 5 nitrogen and oxygen atoms in total. The van der Waals surface area contributed by atoms with Crippen molar-refractivity contribution in [3.63, 3.8) is 0 Å². The zero-order valence-corrected chi connectivity index (χ0v) is 15.7. The molecule has 2 aliphatic heterocycles. The molecule has 2 rings (SSSR count). The van der Waals surface area contributed by atoms with Crippen molar-refractivity contribution in [3.8, 4) is 11.8 Å². The van der Waals surface area contributed by atoms with Gasteiger partial charge in [-0.15, -0.1) is 5.92 Å². The maximum atomic E-state index is 12.0. The topological polar surface area (TPSA) is 55.8 Å². The summed E-state index contributed by atoms with van der Waals surface area (Å²) < 4.78 is 11.9. The van der Waals surface area contributed by atoms with Crippen LogP contribution in [0.2, 0.25) is 18.1 Å². The lowest BCUT2D eigenvalue weighted by Gasteiger charge is -2.39. The highest BCUT2D eigenvalue weighted by Crippen LogP contribution is 2.39. The van der Waals surface area contributed by atoms with E-state index in [0.29, 0.717) is 0 Å². The van der Waals surface area contributed by atoms with E-state index in [-0.39, 0.29) is 23.3 Å². The van der Waals surface area contributed by atoms with Crippen molar-refractivity contribution in [1.82, 2.24) is 4.90 Å². The molecule has 6 heteroatoms. The predicted molar refractivity (Wildman–Crippen MR) is 90.2 cm³/mol. The lowest BCUT2D eigenvalue weighted by molar-refractivity contribution is -0.116. The fraction of sp³-hybridized carbons (Fsp3) is 0.647. The van der Waals surface area contributed by atoms with E-state index in [2.05, 4.69) is 45.7 Å². The Balaban J connectivity index is 2.28. The highest BCUT2D eigenvalue weighted by Gasteiger charge is 2.49. The van der Waals surface area contributed by atoms with Gasteiger partial charge in [-0.05, 0) is 31.1 Å². The summed E-state index contributed by atoms with van der Waals surface area (Å²) in [6.07, 6.45) is 1.66. The maximum absolute atomic E-state index is 12.0. The Morgan fingerprint density at radius 3 is 2.61 bits per heavy atom. The number of rotatable bonds is 3. The van der Waals surface area contributed by atoms with E-state index in [4.69, 9.17) is 9.16 Å². The summed E-state index contributed by atoms with van der Waals surface area (Å²) in [6, 6.07) is -0.337. The molecule has 1 fully saturated rings. The summed E-state index contributed by atoms with van der Waals surface area (Å²) in [5.74, 6) is 5.91. The molecule has 1 saturated heterocycles. The molecule has 0 aromatic rings. The van der Waals surface area contributed by atoms with Crippen molar-refractivity contribution in [2.45, 2.75) is 70.5 Å². The number of nitrogens with zero attached hydrogens (tertiary/aromatic N) is 1. The SMILES string of the molecule is CC#C[C@H](O[Si](C)(C)C(C)(C)C)[C@H]1OC(=O)N2C=CC(=O)C[C@@H]12. The summed E-state index contributed by atoms with van der Waals surface area (Å²) in [5, 5.41) is 0.0191. The van der Waals surface area contributed by atoms with Crippen LogP contribution in [0.5, 0.6) is 0 Å². The van der Waals surface area contributed by atoms with Gasteiger partial charge < -0.3 is 9.16 Å². The monoisotopic (exact) mass is 335 g/mol. The van der Waals surface area contributed by atoms with Crippen LogP contribution in [0, 0.1) is 11.8 Å². The molecule has 0 radical (unpaired) electrons. The Bertz CT molecular complexity index is 594. The average Bonchev–Trinajstić information content (AvgIpc) is 2.73. The van der Waals surface area contributed by atoms with Crippen LogP contribution in [0.15, 0.2) is 12.3 Å². The average molecular weight is 335 g/mol. The largest absolute Gasteiger partial charge is 0.440 e. The molecule has 0 saturated carbocycles. The Labute approximate surface area is 139 Å². The summed E-state index contributed by atoms with van der Waals surface area (Å²) in [7, 11) is -2.08. The first-order valence-electron chi connectivity index (χ1n) is 7.87. The van der Waals surface area contributed by atoms with E-state index in [9.17, 15) is 9.59 Å². The summed E-state index contributed by atoms with van der Waals surface area (Å²) in [5.41, 5.74) is 0. The van der Waals surface area contributed by atoms with Crippen LogP contribution in [0.25, 0.3) is 0 Å². The minimum absolute atomic E-state index is 0.00918. The summed E-state index contributed by atoms with van der Waals surface area (Å²) >= 11 is 0. The van der Waals surface area contributed by atoms with E-state index in [1.54, 1.807) is 6.92 Å². The number of ketones is 1. The number of carbonyl (C=O) groups is 2. The fourth-order valence-corrected chi connectivity index (χ4v) is 3.63. The van der Waals surface area contributed by atoms with E-state index in [1.165, 1.54) is 17.2 Å². The highest BCUT2D eigenvalue weighted by molar-refractivity contribution is 6.74. The first-order chi connectivity index (χ1) is 10.6. The summed E-state index contributed by atoms with van der Waals surface area (Å²) in [6.45, 7) is 12.5. The first-order valence-corrected chi connectivity index (χ1v) is 10.8. The van der Waals surface area contributed by atoms with Gasteiger partial charge in [-0.3, -0.25) is 9.69 Å². The number of hydrogen-bond donors (Lipinski definition) is 0. The van der Waals surface area contributed by atoms with Crippen molar-refractivity contribution in [2.24, 2.45) is 0 Å². The third-order valence-corrected chi connectivity index (χ3v) is 9.28. The zero-order valence-electron chi connectivity index (χ0n) is 14.7. The smallest absolute Gasteiger partial charge is 0.414 e. The molecule has 0 aromatic heterocycles. The second kappa shape index (κ2) is 6.14. The number of amides is 1. The molecule has 126 valence electrons. The Morgan fingerprint density at radius 1 is 1.39 bits per heavy atom. The number of hydrogen-bond acceptors (Lipinski definition) is 4. The molecule has 0 bridgehead atoms. The number of allylic oxidation sites excluding steroid dienone is 1. The van der Waals surface area contributed by atoms with Gasteiger partial charge in [0.2, 0.25) is 0 Å². The van der Waals surface area contributed by atoms with Gasteiger partial charge in [-0.2, -0.15) is 0 Å². The standard InChI is InChI=1S/C17H25NO4Si/c1-7-8-14(22-23(5,6)17(2,3)4)15-13-11-12(19)9-10-18(13)16(20)21-15/h9-10,13-15H,11H2,1-6H3/t13-,14-,15-/m0/s1. The van der Waals surface area contributed by atoms with Gasteiger partial charge in [-0.25, -0.2) is 4.79 Å². The fourth-order valence-electron chi connectivity index (χ4n) is 2.45. The lowest BCUT2D eigenvalue weighted by atomic mass is 9.98. The van der Waals surface area contributed by atoms with Crippen LogP contribution in [0.1, 0.15) is 34.1 Å². The Kier molecular flexibility index (Phi) is 4.74. The molecular weight excluding hydrogens is 310 g/mol. The predicted octanol–water partition coefficient (Wildman–Crippen LogP) is 3.08. The van der Waals surface area contributed by atoms with Gasteiger partial charge in [0.15, 0.2) is 20.2 Å². The van der Waals surface area contributed by atoms with Crippen LogP contribution >= 0.6 is 0 Å². The molecule has 0 N–H and O–H groups in total. The van der Waals surface area contributed by atoms with Crippen molar-refractivity contribution < 1.29 is 18.8 Å². The normalized spacial score (nSPS) is 25.6. The second-order valence-corrected chi connectivity index (χ2v) is 12.3. The molecule has 2 aliphatic rings. The van der Waals surface area contributed by atoms with E-state index < -0.39 is 26.6 Å². The number of fused-ring (bicyclic) bond motifs is 1. The van der Waals surface area contributed by atoms with Crippen LogP contribution in [0.3, 0.4) is 0 Å². The Morgan fingerprint density at radius 2 is 2.04 bits per heavy atom. The molecule has 0 aliphatic carbocycles. The van der Waals surface area contributed by atoms with Crippen LogP contribution in [-0.4, -0.2) is 43.3 Å². The number of carbonyl (C=O) groups excluding carboxylic acids is 2. The van der Waals surface area contributed by atoms with Gasteiger partial charge in [0.25, 0.3) is 0 Å². The molecule has 0 spiro atoms.